The van der Waals surface area contributed by atoms with Crippen LogP contribution < -0.4 is 0 Å². The number of halogens is 3. The van der Waals surface area contributed by atoms with E-state index < -0.39 is 18.7 Å². The number of carbonyl (C=O) groups is 1. The van der Waals surface area contributed by atoms with Crippen molar-refractivity contribution in [1.29, 1.82) is 0 Å². The van der Waals surface area contributed by atoms with Crippen LogP contribution in [0.4, 0.5) is 13.2 Å². The van der Waals surface area contributed by atoms with Gasteiger partial charge in [0.1, 0.15) is 0 Å². The summed E-state index contributed by atoms with van der Waals surface area (Å²) in [6.07, 6.45) is -2.95. The SMILES string of the molecule is CCN(Cc1ncccc1C(=O)O)CC(F)(F)F. The number of aromatic carboxylic acids is 1. The average molecular weight is 262 g/mol. The summed E-state index contributed by atoms with van der Waals surface area (Å²) in [5.41, 5.74) is 0.0641. The first-order valence-electron chi connectivity index (χ1n) is 5.29. The van der Waals surface area contributed by atoms with Crippen LogP contribution >= 0.6 is 0 Å². The molecular formula is C11H13F3N2O2. The van der Waals surface area contributed by atoms with Crippen molar-refractivity contribution in [2.24, 2.45) is 0 Å². The highest BCUT2D eigenvalue weighted by atomic mass is 19.4. The minimum absolute atomic E-state index is 0.0712. The standard InChI is InChI=1S/C11H13F3N2O2/c1-2-16(7-11(12,13)14)6-9-8(10(17)18)4-3-5-15-9/h3-5H,2,6-7H2,1H3,(H,17,18). The van der Waals surface area contributed by atoms with Gasteiger partial charge in [0.25, 0.3) is 0 Å². The Labute approximate surface area is 102 Å². The third kappa shape index (κ3) is 4.33. The molecule has 0 saturated heterocycles. The first kappa shape index (κ1) is 14.4. The Morgan fingerprint density at radius 2 is 2.17 bits per heavy atom. The van der Waals surface area contributed by atoms with Gasteiger partial charge in [-0.1, -0.05) is 6.92 Å². The van der Waals surface area contributed by atoms with Gasteiger partial charge in [-0.25, -0.2) is 4.79 Å². The number of aromatic nitrogens is 1. The van der Waals surface area contributed by atoms with E-state index in [9.17, 15) is 18.0 Å². The normalized spacial score (nSPS) is 11.8. The number of hydrogen-bond acceptors (Lipinski definition) is 3. The fourth-order valence-corrected chi connectivity index (χ4v) is 1.50. The van der Waals surface area contributed by atoms with Crippen LogP contribution in [0.25, 0.3) is 0 Å². The maximum Gasteiger partial charge on any atom is 0.401 e. The lowest BCUT2D eigenvalue weighted by molar-refractivity contribution is -0.146. The number of nitrogens with zero attached hydrogens (tertiary/aromatic N) is 2. The zero-order valence-electron chi connectivity index (χ0n) is 9.74. The monoisotopic (exact) mass is 262 g/mol. The van der Waals surface area contributed by atoms with Gasteiger partial charge in [-0.3, -0.25) is 9.88 Å². The Morgan fingerprint density at radius 1 is 1.50 bits per heavy atom. The minimum Gasteiger partial charge on any atom is -0.478 e. The highest BCUT2D eigenvalue weighted by molar-refractivity contribution is 5.88. The largest absolute Gasteiger partial charge is 0.478 e. The molecule has 0 atom stereocenters. The van der Waals surface area contributed by atoms with E-state index in [0.29, 0.717) is 0 Å². The van der Waals surface area contributed by atoms with Crippen molar-refractivity contribution in [2.75, 3.05) is 13.1 Å². The molecule has 1 rings (SSSR count). The quantitative estimate of drug-likeness (QED) is 0.883. The molecule has 0 bridgehead atoms. The summed E-state index contributed by atoms with van der Waals surface area (Å²) in [6, 6.07) is 2.76. The molecule has 0 saturated carbocycles. The maximum absolute atomic E-state index is 12.3. The van der Waals surface area contributed by atoms with Crippen molar-refractivity contribution in [3.05, 3.63) is 29.6 Å². The summed E-state index contributed by atoms with van der Waals surface area (Å²) in [6.45, 7) is 0.516. The van der Waals surface area contributed by atoms with Gasteiger partial charge in [0, 0.05) is 12.7 Å². The van der Waals surface area contributed by atoms with Crippen LogP contribution in [0.15, 0.2) is 18.3 Å². The van der Waals surface area contributed by atoms with Gasteiger partial charge in [0.05, 0.1) is 17.8 Å². The van der Waals surface area contributed by atoms with Crippen molar-refractivity contribution in [3.63, 3.8) is 0 Å². The second-order valence-electron chi connectivity index (χ2n) is 3.72. The Bertz CT molecular complexity index is 421. The van der Waals surface area contributed by atoms with Crippen LogP contribution in [0.3, 0.4) is 0 Å². The van der Waals surface area contributed by atoms with Crippen LogP contribution in [0.5, 0.6) is 0 Å². The van der Waals surface area contributed by atoms with Crippen LogP contribution in [0.2, 0.25) is 0 Å². The molecule has 0 aromatic carbocycles. The van der Waals surface area contributed by atoms with Crippen molar-refractivity contribution in [3.8, 4) is 0 Å². The molecule has 100 valence electrons. The molecule has 0 aliphatic rings. The second kappa shape index (κ2) is 5.81. The summed E-state index contributed by atoms with van der Waals surface area (Å²) in [7, 11) is 0. The Kier molecular flexibility index (Phi) is 4.66. The lowest BCUT2D eigenvalue weighted by atomic mass is 10.2. The number of rotatable bonds is 5. The van der Waals surface area contributed by atoms with Crippen LogP contribution in [-0.4, -0.2) is 40.2 Å². The maximum atomic E-state index is 12.3. The molecule has 1 N–H and O–H groups in total. The molecule has 0 aliphatic carbocycles. The van der Waals surface area contributed by atoms with E-state index in [0.717, 1.165) is 4.90 Å². The summed E-state index contributed by atoms with van der Waals surface area (Å²) < 4.78 is 36.8. The molecular weight excluding hydrogens is 249 g/mol. The van der Waals surface area contributed by atoms with Gasteiger partial charge >= 0.3 is 12.1 Å². The van der Waals surface area contributed by atoms with Gasteiger partial charge in [-0.15, -0.1) is 0 Å². The smallest absolute Gasteiger partial charge is 0.401 e. The lowest BCUT2D eigenvalue weighted by Gasteiger charge is -2.21. The topological polar surface area (TPSA) is 53.4 Å². The third-order valence-electron chi connectivity index (χ3n) is 2.34. The second-order valence-corrected chi connectivity index (χ2v) is 3.72. The van der Waals surface area contributed by atoms with E-state index in [1.54, 1.807) is 6.92 Å². The molecule has 1 aromatic heterocycles. The van der Waals surface area contributed by atoms with E-state index in [1.165, 1.54) is 18.3 Å². The van der Waals surface area contributed by atoms with Crippen molar-refractivity contribution in [2.45, 2.75) is 19.6 Å². The van der Waals surface area contributed by atoms with Gasteiger partial charge < -0.3 is 5.11 Å². The Balaban J connectivity index is 2.85. The summed E-state index contributed by atoms with van der Waals surface area (Å²) in [5.74, 6) is -1.19. The summed E-state index contributed by atoms with van der Waals surface area (Å²) in [5, 5.41) is 8.90. The zero-order valence-corrected chi connectivity index (χ0v) is 9.74. The van der Waals surface area contributed by atoms with Gasteiger partial charge in [0.15, 0.2) is 0 Å². The number of carboxylic acid groups (broad SMARTS) is 1. The highest BCUT2D eigenvalue weighted by Gasteiger charge is 2.30. The molecule has 0 radical (unpaired) electrons. The van der Waals surface area contributed by atoms with E-state index >= 15 is 0 Å². The highest BCUT2D eigenvalue weighted by Crippen LogP contribution is 2.18. The predicted molar refractivity (Wildman–Crippen MR) is 58.2 cm³/mol. The van der Waals surface area contributed by atoms with E-state index in [1.807, 2.05) is 0 Å². The van der Waals surface area contributed by atoms with Gasteiger partial charge in [-0.2, -0.15) is 13.2 Å². The van der Waals surface area contributed by atoms with E-state index in [4.69, 9.17) is 5.11 Å². The van der Waals surface area contributed by atoms with Crippen molar-refractivity contribution >= 4 is 5.97 Å². The van der Waals surface area contributed by atoms with Crippen LogP contribution in [-0.2, 0) is 6.54 Å². The molecule has 0 unspecified atom stereocenters. The molecule has 0 spiro atoms. The molecule has 0 amide bonds. The van der Waals surface area contributed by atoms with Gasteiger partial charge in [0.2, 0.25) is 0 Å². The molecule has 0 fully saturated rings. The third-order valence-corrected chi connectivity index (χ3v) is 2.34. The fraction of sp³-hybridized carbons (Fsp3) is 0.455. The average Bonchev–Trinajstić information content (AvgIpc) is 2.26. The molecule has 7 heteroatoms. The van der Waals surface area contributed by atoms with E-state index in [-0.39, 0.29) is 24.3 Å². The van der Waals surface area contributed by atoms with Crippen LogP contribution in [0, 0.1) is 0 Å². The molecule has 4 nitrogen and oxygen atoms in total. The predicted octanol–water partition coefficient (Wildman–Crippen LogP) is 2.16. The van der Waals surface area contributed by atoms with Crippen molar-refractivity contribution in [1.82, 2.24) is 9.88 Å². The number of alkyl halides is 3. The number of pyridine rings is 1. The Hall–Kier alpha value is -1.63. The van der Waals surface area contributed by atoms with Crippen molar-refractivity contribution < 1.29 is 23.1 Å². The summed E-state index contributed by atoms with van der Waals surface area (Å²) >= 11 is 0. The Morgan fingerprint density at radius 3 is 2.67 bits per heavy atom. The van der Waals surface area contributed by atoms with Gasteiger partial charge in [-0.05, 0) is 18.7 Å². The summed E-state index contributed by atoms with van der Waals surface area (Å²) in [4.78, 5) is 15.8. The fourth-order valence-electron chi connectivity index (χ4n) is 1.50. The number of carboxylic acids is 1. The minimum atomic E-state index is -4.31. The number of hydrogen-bond donors (Lipinski definition) is 1. The molecule has 1 aromatic rings. The lowest BCUT2D eigenvalue weighted by Crippen LogP contribution is -2.34. The zero-order chi connectivity index (χ0) is 13.8. The first-order chi connectivity index (χ1) is 8.33. The molecule has 1 heterocycles. The van der Waals surface area contributed by atoms with Crippen LogP contribution in [0.1, 0.15) is 23.0 Å². The molecule has 18 heavy (non-hydrogen) atoms. The van der Waals surface area contributed by atoms with E-state index in [2.05, 4.69) is 4.98 Å². The first-order valence-corrected chi connectivity index (χ1v) is 5.29. The molecule has 0 aliphatic heterocycles.